The van der Waals surface area contributed by atoms with Gasteiger partial charge in [-0.05, 0) is 32.1 Å². The molecule has 4 nitrogen and oxygen atoms in total. The Balaban J connectivity index is 2.50. The Morgan fingerprint density at radius 2 is 2.18 bits per heavy atom. The van der Waals surface area contributed by atoms with Crippen molar-refractivity contribution in [2.75, 3.05) is 31.9 Å². The van der Waals surface area contributed by atoms with E-state index in [2.05, 4.69) is 0 Å². The van der Waals surface area contributed by atoms with Crippen molar-refractivity contribution in [2.24, 2.45) is 0 Å². The second-order valence-electron chi connectivity index (χ2n) is 4.40. The van der Waals surface area contributed by atoms with Gasteiger partial charge in [0, 0.05) is 32.2 Å². The minimum atomic E-state index is -3.10. The third-order valence-electron chi connectivity index (χ3n) is 3.10. The van der Waals surface area contributed by atoms with Crippen LogP contribution in [-0.4, -0.2) is 50.7 Å². The quantitative estimate of drug-likeness (QED) is 0.504. The van der Waals surface area contributed by atoms with E-state index >= 15 is 0 Å². The topological polar surface area (TPSA) is 46.6 Å². The van der Waals surface area contributed by atoms with Crippen LogP contribution in [0, 0.1) is 0 Å². The van der Waals surface area contributed by atoms with Gasteiger partial charge >= 0.3 is 0 Å². The summed E-state index contributed by atoms with van der Waals surface area (Å²) in [4.78, 5) is 0. The molecule has 1 aliphatic rings. The van der Waals surface area contributed by atoms with Gasteiger partial charge in [-0.3, -0.25) is 0 Å². The van der Waals surface area contributed by atoms with Crippen LogP contribution in [0.4, 0.5) is 0 Å². The number of nitrogens with zero attached hydrogens (tertiary/aromatic N) is 1. The first kappa shape index (κ1) is 15.2. The molecule has 0 saturated carbocycles. The standard InChI is InChI=1S/C11H22ClNO3S/c1-16-9-4-10-17(14,15)13-8-3-6-11(13)5-2-7-12/h11H,2-10H2,1H3. The van der Waals surface area contributed by atoms with Crippen molar-refractivity contribution in [3.63, 3.8) is 0 Å². The number of rotatable bonds is 8. The van der Waals surface area contributed by atoms with E-state index in [1.807, 2.05) is 0 Å². The summed E-state index contributed by atoms with van der Waals surface area (Å²) in [7, 11) is -1.51. The van der Waals surface area contributed by atoms with E-state index in [4.69, 9.17) is 16.3 Å². The van der Waals surface area contributed by atoms with Crippen LogP contribution in [0.5, 0.6) is 0 Å². The lowest BCUT2D eigenvalue weighted by Crippen LogP contribution is -2.37. The molecule has 0 bridgehead atoms. The lowest BCUT2D eigenvalue weighted by atomic mass is 10.1. The Kier molecular flexibility index (Phi) is 6.77. The van der Waals surface area contributed by atoms with Gasteiger partial charge in [-0.25, -0.2) is 8.42 Å². The zero-order chi connectivity index (χ0) is 12.7. The molecule has 17 heavy (non-hydrogen) atoms. The molecule has 6 heteroatoms. The fraction of sp³-hybridized carbons (Fsp3) is 1.00. The first-order valence-corrected chi connectivity index (χ1v) is 8.30. The van der Waals surface area contributed by atoms with Gasteiger partial charge < -0.3 is 4.74 Å². The lowest BCUT2D eigenvalue weighted by Gasteiger charge is -2.23. The van der Waals surface area contributed by atoms with Crippen LogP contribution >= 0.6 is 11.6 Å². The van der Waals surface area contributed by atoms with Crippen molar-refractivity contribution < 1.29 is 13.2 Å². The van der Waals surface area contributed by atoms with Crippen LogP contribution in [-0.2, 0) is 14.8 Å². The van der Waals surface area contributed by atoms with E-state index in [-0.39, 0.29) is 11.8 Å². The summed E-state index contributed by atoms with van der Waals surface area (Å²) in [5.74, 6) is 0.798. The largest absolute Gasteiger partial charge is 0.385 e. The molecule has 102 valence electrons. The van der Waals surface area contributed by atoms with E-state index < -0.39 is 10.0 Å². The Morgan fingerprint density at radius 1 is 1.41 bits per heavy atom. The maximum Gasteiger partial charge on any atom is 0.214 e. The molecule has 0 spiro atoms. The van der Waals surface area contributed by atoms with Crippen molar-refractivity contribution in [3.8, 4) is 0 Å². The van der Waals surface area contributed by atoms with Gasteiger partial charge in [0.25, 0.3) is 0 Å². The van der Waals surface area contributed by atoms with Crippen molar-refractivity contribution in [3.05, 3.63) is 0 Å². The minimum Gasteiger partial charge on any atom is -0.385 e. The Morgan fingerprint density at radius 3 is 2.82 bits per heavy atom. The average molecular weight is 284 g/mol. The predicted octanol–water partition coefficient (Wildman–Crippen LogP) is 1.84. The number of methoxy groups -OCH3 is 1. The average Bonchev–Trinajstić information content (AvgIpc) is 2.75. The summed E-state index contributed by atoms with van der Waals surface area (Å²) in [5, 5.41) is 0. The van der Waals surface area contributed by atoms with Crippen molar-refractivity contribution >= 4 is 21.6 Å². The number of hydrogen-bond acceptors (Lipinski definition) is 3. The molecule has 1 aliphatic heterocycles. The third-order valence-corrected chi connectivity index (χ3v) is 5.37. The summed E-state index contributed by atoms with van der Waals surface area (Å²) in [6.45, 7) is 1.17. The Hall–Kier alpha value is 0.160. The van der Waals surface area contributed by atoms with Crippen LogP contribution in [0.1, 0.15) is 32.1 Å². The molecule has 0 amide bonds. The van der Waals surface area contributed by atoms with Gasteiger partial charge in [-0.15, -0.1) is 11.6 Å². The molecule has 1 rings (SSSR count). The highest BCUT2D eigenvalue weighted by Crippen LogP contribution is 2.25. The van der Waals surface area contributed by atoms with E-state index in [0.29, 0.717) is 25.5 Å². The molecule has 1 saturated heterocycles. The zero-order valence-electron chi connectivity index (χ0n) is 10.4. The van der Waals surface area contributed by atoms with Crippen molar-refractivity contribution in [2.45, 2.75) is 38.1 Å². The smallest absolute Gasteiger partial charge is 0.214 e. The summed E-state index contributed by atoms with van der Waals surface area (Å²) in [6.07, 6.45) is 4.28. The number of halogens is 1. The maximum absolute atomic E-state index is 12.1. The van der Waals surface area contributed by atoms with Crippen LogP contribution in [0.25, 0.3) is 0 Å². The Labute approximate surface area is 109 Å². The molecule has 0 N–H and O–H groups in total. The molecule has 1 unspecified atom stereocenters. The zero-order valence-corrected chi connectivity index (χ0v) is 12.0. The van der Waals surface area contributed by atoms with Gasteiger partial charge in [-0.1, -0.05) is 0 Å². The van der Waals surface area contributed by atoms with Crippen LogP contribution < -0.4 is 0 Å². The van der Waals surface area contributed by atoms with Gasteiger partial charge in [0.2, 0.25) is 10.0 Å². The van der Waals surface area contributed by atoms with Crippen molar-refractivity contribution in [1.82, 2.24) is 4.31 Å². The monoisotopic (exact) mass is 283 g/mol. The van der Waals surface area contributed by atoms with E-state index in [1.165, 1.54) is 0 Å². The van der Waals surface area contributed by atoms with Crippen molar-refractivity contribution in [1.29, 1.82) is 0 Å². The van der Waals surface area contributed by atoms with Gasteiger partial charge in [0.05, 0.1) is 5.75 Å². The fourth-order valence-electron chi connectivity index (χ4n) is 2.28. The lowest BCUT2D eigenvalue weighted by molar-refractivity contribution is 0.199. The first-order chi connectivity index (χ1) is 8.11. The number of hydrogen-bond donors (Lipinski definition) is 0. The molecule has 1 heterocycles. The van der Waals surface area contributed by atoms with Crippen LogP contribution in [0.2, 0.25) is 0 Å². The minimum absolute atomic E-state index is 0.168. The summed E-state index contributed by atoms with van der Waals surface area (Å²) in [6, 6.07) is 0.168. The molecule has 1 fully saturated rings. The molecule has 0 aromatic carbocycles. The highest BCUT2D eigenvalue weighted by Gasteiger charge is 2.32. The van der Waals surface area contributed by atoms with E-state index in [0.717, 1.165) is 25.7 Å². The number of ether oxygens (including phenoxy) is 1. The Bertz CT molecular complexity index is 308. The molecule has 0 aliphatic carbocycles. The molecular weight excluding hydrogens is 262 g/mol. The van der Waals surface area contributed by atoms with Crippen LogP contribution in [0.3, 0.4) is 0 Å². The number of sulfonamides is 1. The normalized spacial score (nSPS) is 22.1. The van der Waals surface area contributed by atoms with E-state index in [1.54, 1.807) is 11.4 Å². The summed E-state index contributed by atoms with van der Waals surface area (Å²) in [5.41, 5.74) is 0. The van der Waals surface area contributed by atoms with Gasteiger partial charge in [0.15, 0.2) is 0 Å². The highest BCUT2D eigenvalue weighted by atomic mass is 35.5. The second kappa shape index (κ2) is 7.56. The molecule has 0 aromatic rings. The molecular formula is C11H22ClNO3S. The summed E-state index contributed by atoms with van der Waals surface area (Å²) < 4.78 is 30.8. The van der Waals surface area contributed by atoms with E-state index in [9.17, 15) is 8.42 Å². The summed E-state index contributed by atoms with van der Waals surface area (Å²) >= 11 is 5.66. The fourth-order valence-corrected chi connectivity index (χ4v) is 4.22. The van der Waals surface area contributed by atoms with Crippen LogP contribution in [0.15, 0.2) is 0 Å². The number of alkyl halides is 1. The van der Waals surface area contributed by atoms with Gasteiger partial charge in [-0.2, -0.15) is 4.31 Å². The predicted molar refractivity (Wildman–Crippen MR) is 70.0 cm³/mol. The highest BCUT2D eigenvalue weighted by molar-refractivity contribution is 7.89. The third kappa shape index (κ3) is 4.73. The molecule has 0 aromatic heterocycles. The first-order valence-electron chi connectivity index (χ1n) is 6.16. The maximum atomic E-state index is 12.1. The molecule has 0 radical (unpaired) electrons. The second-order valence-corrected chi connectivity index (χ2v) is 6.82. The SMILES string of the molecule is COCCCS(=O)(=O)N1CCCC1CCCCl. The van der Waals surface area contributed by atoms with Gasteiger partial charge in [0.1, 0.15) is 0 Å². The molecule has 1 atom stereocenters.